The first kappa shape index (κ1) is 18.1. The molecule has 2 aromatic rings. The number of halogens is 1. The minimum atomic E-state index is -0.213. The number of anilines is 1. The van der Waals surface area contributed by atoms with Gasteiger partial charge in [0, 0.05) is 12.7 Å². The molecule has 2 aromatic carbocycles. The van der Waals surface area contributed by atoms with Crippen molar-refractivity contribution in [2.24, 2.45) is 0 Å². The summed E-state index contributed by atoms with van der Waals surface area (Å²) in [6.07, 6.45) is 7.80. The Morgan fingerprint density at radius 2 is 1.42 bits per heavy atom. The van der Waals surface area contributed by atoms with Crippen LogP contribution in [-0.2, 0) is 0 Å². The van der Waals surface area contributed by atoms with E-state index in [4.69, 9.17) is 4.74 Å². The van der Waals surface area contributed by atoms with Gasteiger partial charge in [-0.2, -0.15) is 0 Å². The van der Waals surface area contributed by atoms with Crippen molar-refractivity contribution >= 4 is 17.8 Å². The molecular formula is C21H26FNO. The fraction of sp³-hybridized carbons (Fsp3) is 0.333. The molecule has 0 spiro atoms. The Morgan fingerprint density at radius 3 is 2.00 bits per heavy atom. The van der Waals surface area contributed by atoms with E-state index in [1.165, 1.54) is 5.56 Å². The Balaban J connectivity index is 1.77. The smallest absolute Gasteiger partial charge is 0.119 e. The van der Waals surface area contributed by atoms with Crippen molar-refractivity contribution in [1.82, 2.24) is 0 Å². The van der Waals surface area contributed by atoms with E-state index >= 15 is 0 Å². The van der Waals surface area contributed by atoms with Gasteiger partial charge in [-0.1, -0.05) is 42.8 Å². The van der Waals surface area contributed by atoms with Crippen LogP contribution < -0.4 is 10.1 Å². The predicted octanol–water partition coefficient (Wildman–Crippen LogP) is 5.81. The van der Waals surface area contributed by atoms with E-state index in [-0.39, 0.29) is 6.67 Å². The lowest BCUT2D eigenvalue weighted by molar-refractivity contribution is 0.303. The fourth-order valence-electron chi connectivity index (χ4n) is 2.37. The lowest BCUT2D eigenvalue weighted by atomic mass is 10.1. The summed E-state index contributed by atoms with van der Waals surface area (Å²) in [7, 11) is 1.92. The van der Waals surface area contributed by atoms with Crippen LogP contribution in [0.25, 0.3) is 12.2 Å². The molecule has 0 amide bonds. The van der Waals surface area contributed by atoms with Crippen molar-refractivity contribution in [1.29, 1.82) is 0 Å². The number of unbranched alkanes of at least 4 members (excludes halogenated alkanes) is 3. The third-order valence-corrected chi connectivity index (χ3v) is 3.84. The molecule has 0 aromatic heterocycles. The molecule has 0 bridgehead atoms. The van der Waals surface area contributed by atoms with Gasteiger partial charge in [-0.15, -0.1) is 0 Å². The Labute approximate surface area is 144 Å². The largest absolute Gasteiger partial charge is 0.494 e. The first-order valence-corrected chi connectivity index (χ1v) is 8.56. The summed E-state index contributed by atoms with van der Waals surface area (Å²) in [5.41, 5.74) is 3.42. The number of ether oxygens (including phenoxy) is 1. The molecule has 0 aliphatic rings. The van der Waals surface area contributed by atoms with Crippen molar-refractivity contribution in [3.05, 3.63) is 59.7 Å². The average molecular weight is 327 g/mol. The lowest BCUT2D eigenvalue weighted by Crippen LogP contribution is -1.97. The van der Waals surface area contributed by atoms with Crippen LogP contribution in [0.2, 0.25) is 0 Å². The normalized spacial score (nSPS) is 10.9. The van der Waals surface area contributed by atoms with Gasteiger partial charge in [0.1, 0.15) is 5.75 Å². The molecule has 0 atom stereocenters. The van der Waals surface area contributed by atoms with Crippen LogP contribution in [0.15, 0.2) is 48.5 Å². The lowest BCUT2D eigenvalue weighted by Gasteiger charge is -2.06. The minimum absolute atomic E-state index is 0.213. The summed E-state index contributed by atoms with van der Waals surface area (Å²) in [4.78, 5) is 0. The van der Waals surface area contributed by atoms with Gasteiger partial charge in [0.2, 0.25) is 0 Å². The zero-order chi connectivity index (χ0) is 17.0. The van der Waals surface area contributed by atoms with E-state index in [1.54, 1.807) is 0 Å². The first-order chi connectivity index (χ1) is 11.8. The van der Waals surface area contributed by atoms with Crippen molar-refractivity contribution in [3.63, 3.8) is 0 Å². The molecular weight excluding hydrogens is 301 g/mol. The van der Waals surface area contributed by atoms with Crippen LogP contribution in [0.1, 0.15) is 36.8 Å². The monoisotopic (exact) mass is 327 g/mol. The van der Waals surface area contributed by atoms with E-state index < -0.39 is 0 Å². The summed E-state index contributed by atoms with van der Waals surface area (Å²) in [6, 6.07) is 16.4. The van der Waals surface area contributed by atoms with Crippen LogP contribution in [0, 0.1) is 0 Å². The number of nitrogens with one attached hydrogen (secondary N) is 1. The number of rotatable bonds is 10. The maximum absolute atomic E-state index is 12.0. The van der Waals surface area contributed by atoms with Crippen LogP contribution in [0.4, 0.5) is 10.1 Å². The molecule has 0 radical (unpaired) electrons. The van der Waals surface area contributed by atoms with E-state index in [1.807, 2.05) is 19.2 Å². The van der Waals surface area contributed by atoms with Gasteiger partial charge in [0.25, 0.3) is 0 Å². The first-order valence-electron chi connectivity index (χ1n) is 8.56. The standard InChI is InChI=1S/C21H26FNO/c1-23-20-12-8-18(9-13-20)6-7-19-10-14-21(15-11-19)24-17-5-3-2-4-16-22/h6-15,23H,2-5,16-17H2,1H3/b7-6+. The predicted molar refractivity (Wildman–Crippen MR) is 101 cm³/mol. The summed E-state index contributed by atoms with van der Waals surface area (Å²) in [5.74, 6) is 0.885. The van der Waals surface area contributed by atoms with Gasteiger partial charge in [-0.05, 0) is 54.7 Å². The summed E-state index contributed by atoms with van der Waals surface area (Å²) < 4.78 is 17.7. The fourth-order valence-corrected chi connectivity index (χ4v) is 2.37. The average Bonchev–Trinajstić information content (AvgIpc) is 2.64. The molecule has 128 valence electrons. The topological polar surface area (TPSA) is 21.3 Å². The second-order valence-corrected chi connectivity index (χ2v) is 5.73. The Morgan fingerprint density at radius 1 is 0.833 bits per heavy atom. The molecule has 24 heavy (non-hydrogen) atoms. The molecule has 0 unspecified atom stereocenters. The van der Waals surface area contributed by atoms with Crippen LogP contribution in [0.5, 0.6) is 5.75 Å². The molecule has 2 rings (SSSR count). The number of benzene rings is 2. The third-order valence-electron chi connectivity index (χ3n) is 3.84. The Kier molecular flexibility index (Phi) is 7.88. The van der Waals surface area contributed by atoms with E-state index in [2.05, 4.69) is 53.9 Å². The van der Waals surface area contributed by atoms with Crippen molar-refractivity contribution in [3.8, 4) is 5.75 Å². The quantitative estimate of drug-likeness (QED) is 0.439. The summed E-state index contributed by atoms with van der Waals surface area (Å²) >= 11 is 0. The van der Waals surface area contributed by atoms with E-state index in [9.17, 15) is 4.39 Å². The zero-order valence-corrected chi connectivity index (χ0v) is 14.3. The van der Waals surface area contributed by atoms with Crippen molar-refractivity contribution in [2.45, 2.75) is 25.7 Å². The molecule has 3 heteroatoms. The number of alkyl halides is 1. The van der Waals surface area contributed by atoms with Crippen molar-refractivity contribution in [2.75, 3.05) is 25.6 Å². The Bertz CT molecular complexity index is 605. The summed E-state index contributed by atoms with van der Waals surface area (Å²) in [5, 5.41) is 3.11. The number of hydrogen-bond donors (Lipinski definition) is 1. The molecule has 0 heterocycles. The van der Waals surface area contributed by atoms with Gasteiger partial charge in [0.05, 0.1) is 13.3 Å². The second kappa shape index (κ2) is 10.5. The van der Waals surface area contributed by atoms with E-state index in [0.29, 0.717) is 13.0 Å². The van der Waals surface area contributed by atoms with Crippen molar-refractivity contribution < 1.29 is 9.13 Å². The van der Waals surface area contributed by atoms with E-state index in [0.717, 1.165) is 36.3 Å². The molecule has 2 nitrogen and oxygen atoms in total. The van der Waals surface area contributed by atoms with Crippen LogP contribution in [-0.4, -0.2) is 20.3 Å². The highest BCUT2D eigenvalue weighted by Gasteiger charge is 1.95. The number of hydrogen-bond acceptors (Lipinski definition) is 2. The van der Waals surface area contributed by atoms with Gasteiger partial charge < -0.3 is 10.1 Å². The van der Waals surface area contributed by atoms with Gasteiger partial charge in [0.15, 0.2) is 0 Å². The second-order valence-electron chi connectivity index (χ2n) is 5.73. The van der Waals surface area contributed by atoms with Crippen LogP contribution in [0.3, 0.4) is 0 Å². The SMILES string of the molecule is CNc1ccc(/C=C/c2ccc(OCCCCCCF)cc2)cc1. The maximum Gasteiger partial charge on any atom is 0.119 e. The Hall–Kier alpha value is -2.29. The van der Waals surface area contributed by atoms with Crippen LogP contribution >= 0.6 is 0 Å². The maximum atomic E-state index is 12.0. The van der Waals surface area contributed by atoms with Gasteiger partial charge in [-0.3, -0.25) is 4.39 Å². The molecule has 0 saturated heterocycles. The minimum Gasteiger partial charge on any atom is -0.494 e. The zero-order valence-electron chi connectivity index (χ0n) is 14.3. The van der Waals surface area contributed by atoms with Gasteiger partial charge >= 0.3 is 0 Å². The molecule has 0 aliphatic heterocycles. The van der Waals surface area contributed by atoms with Gasteiger partial charge in [-0.25, -0.2) is 0 Å². The molecule has 0 saturated carbocycles. The molecule has 0 aliphatic carbocycles. The highest BCUT2D eigenvalue weighted by Crippen LogP contribution is 2.16. The highest BCUT2D eigenvalue weighted by atomic mass is 19.1. The molecule has 0 fully saturated rings. The molecule has 1 N–H and O–H groups in total. The summed E-state index contributed by atoms with van der Waals surface area (Å²) in [6.45, 7) is 0.481. The highest BCUT2D eigenvalue weighted by molar-refractivity contribution is 5.70. The third kappa shape index (κ3) is 6.45.